The summed E-state index contributed by atoms with van der Waals surface area (Å²) in [5.74, 6) is -1.03. The Balaban J connectivity index is 2.09. The molecule has 3 aliphatic carbocycles. The van der Waals surface area contributed by atoms with Crippen molar-refractivity contribution in [3.63, 3.8) is 0 Å². The molecule has 110 valence electrons. The first-order chi connectivity index (χ1) is 9.61. The Morgan fingerprint density at radius 2 is 1.15 bits per heavy atom. The van der Waals surface area contributed by atoms with Gasteiger partial charge in [-0.05, 0) is 50.4 Å². The van der Waals surface area contributed by atoms with Gasteiger partial charge in [0.2, 0.25) is 11.8 Å². The molecule has 2 amide bonds. The topological polar surface area (TPSA) is 86.2 Å². The summed E-state index contributed by atoms with van der Waals surface area (Å²) in [5.41, 5.74) is 14.2. The van der Waals surface area contributed by atoms with Gasteiger partial charge in [-0.3, -0.25) is 9.59 Å². The molecule has 3 aliphatic rings. The number of carbonyl (C=O) groups is 2. The average molecular weight is 276 g/mol. The molecule has 0 heterocycles. The zero-order valence-corrected chi connectivity index (χ0v) is 11.9. The number of rotatable bonds is 2. The number of fused-ring (bicyclic) bond motifs is 2. The van der Waals surface area contributed by atoms with Crippen LogP contribution in [0.3, 0.4) is 0 Å². The van der Waals surface area contributed by atoms with Crippen LogP contribution in [-0.2, 0) is 9.59 Å². The van der Waals surface area contributed by atoms with E-state index in [1.807, 2.05) is 0 Å². The summed E-state index contributed by atoms with van der Waals surface area (Å²) in [5, 5.41) is 0. The van der Waals surface area contributed by atoms with Crippen LogP contribution in [0.1, 0.15) is 51.4 Å². The van der Waals surface area contributed by atoms with E-state index >= 15 is 0 Å². The lowest BCUT2D eigenvalue weighted by molar-refractivity contribution is -0.136. The molecule has 0 unspecified atom stereocenters. The average Bonchev–Trinajstić information content (AvgIpc) is 2.45. The van der Waals surface area contributed by atoms with E-state index in [9.17, 15) is 9.59 Å². The highest BCUT2D eigenvalue weighted by molar-refractivity contribution is 5.87. The SMILES string of the molecule is NC(=O)[C@H]1[C@H](C(N)=O)[C@@H]2CCCCC2=C2CCCC[C@H]21. The van der Waals surface area contributed by atoms with Crippen molar-refractivity contribution in [3.05, 3.63) is 11.1 Å². The maximum atomic E-state index is 12.0. The van der Waals surface area contributed by atoms with Crippen molar-refractivity contribution in [1.82, 2.24) is 0 Å². The third-order valence-corrected chi connectivity index (χ3v) is 5.64. The predicted molar refractivity (Wildman–Crippen MR) is 76.3 cm³/mol. The predicted octanol–water partition coefficient (Wildman–Crippen LogP) is 1.88. The number of hydrogen-bond donors (Lipinski definition) is 2. The van der Waals surface area contributed by atoms with Crippen LogP contribution in [0.2, 0.25) is 0 Å². The van der Waals surface area contributed by atoms with E-state index in [0.717, 1.165) is 38.5 Å². The van der Waals surface area contributed by atoms with E-state index in [2.05, 4.69) is 0 Å². The molecular weight excluding hydrogens is 252 g/mol. The van der Waals surface area contributed by atoms with Gasteiger partial charge in [0.05, 0.1) is 11.8 Å². The van der Waals surface area contributed by atoms with Crippen LogP contribution in [0, 0.1) is 23.7 Å². The van der Waals surface area contributed by atoms with E-state index < -0.39 is 0 Å². The Labute approximate surface area is 120 Å². The van der Waals surface area contributed by atoms with E-state index in [0.29, 0.717) is 0 Å². The molecule has 0 bridgehead atoms. The molecule has 2 fully saturated rings. The number of hydrogen-bond acceptors (Lipinski definition) is 2. The van der Waals surface area contributed by atoms with Gasteiger partial charge in [-0.25, -0.2) is 0 Å². The molecule has 0 spiro atoms. The zero-order chi connectivity index (χ0) is 14.3. The van der Waals surface area contributed by atoms with Crippen LogP contribution < -0.4 is 11.5 Å². The highest BCUT2D eigenvalue weighted by Gasteiger charge is 2.49. The van der Waals surface area contributed by atoms with Crippen LogP contribution >= 0.6 is 0 Å². The monoisotopic (exact) mass is 276 g/mol. The molecule has 3 rings (SSSR count). The van der Waals surface area contributed by atoms with Gasteiger partial charge >= 0.3 is 0 Å². The second-order valence-electron chi connectivity index (χ2n) is 6.61. The lowest BCUT2D eigenvalue weighted by Gasteiger charge is -2.47. The fraction of sp³-hybridized carbons (Fsp3) is 0.750. The van der Waals surface area contributed by atoms with Gasteiger partial charge in [0.15, 0.2) is 0 Å². The molecule has 0 aromatic carbocycles. The molecule has 2 saturated carbocycles. The first-order valence-corrected chi connectivity index (χ1v) is 7.91. The van der Waals surface area contributed by atoms with E-state index in [4.69, 9.17) is 11.5 Å². The fourth-order valence-electron chi connectivity index (χ4n) is 4.92. The smallest absolute Gasteiger partial charge is 0.221 e. The number of nitrogens with two attached hydrogens (primary N) is 2. The summed E-state index contributed by atoms with van der Waals surface area (Å²) >= 11 is 0. The van der Waals surface area contributed by atoms with Gasteiger partial charge in [0.1, 0.15) is 0 Å². The van der Waals surface area contributed by atoms with Gasteiger partial charge in [-0.1, -0.05) is 24.0 Å². The summed E-state index contributed by atoms with van der Waals surface area (Å²) in [6, 6.07) is 0. The lowest BCUT2D eigenvalue weighted by Crippen LogP contribution is -2.50. The summed E-state index contributed by atoms with van der Waals surface area (Å²) in [4.78, 5) is 24.0. The van der Waals surface area contributed by atoms with Crippen molar-refractivity contribution in [2.45, 2.75) is 51.4 Å². The molecule has 0 aromatic heterocycles. The molecule has 4 heteroatoms. The van der Waals surface area contributed by atoms with Crippen molar-refractivity contribution in [2.75, 3.05) is 0 Å². The second kappa shape index (κ2) is 5.23. The Kier molecular flexibility index (Phi) is 3.57. The highest BCUT2D eigenvalue weighted by atomic mass is 16.2. The second-order valence-corrected chi connectivity index (χ2v) is 6.61. The Bertz CT molecular complexity index is 427. The largest absolute Gasteiger partial charge is 0.369 e. The van der Waals surface area contributed by atoms with Crippen molar-refractivity contribution >= 4 is 11.8 Å². The Morgan fingerprint density at radius 3 is 1.50 bits per heavy atom. The first-order valence-electron chi connectivity index (χ1n) is 7.91. The van der Waals surface area contributed by atoms with E-state index in [-0.39, 0.29) is 35.5 Å². The highest BCUT2D eigenvalue weighted by Crippen LogP contribution is 2.52. The van der Waals surface area contributed by atoms with Gasteiger partial charge in [0, 0.05) is 0 Å². The first kappa shape index (κ1) is 13.7. The van der Waals surface area contributed by atoms with E-state index in [1.165, 1.54) is 24.0 Å². The molecule has 0 aromatic rings. The fourth-order valence-corrected chi connectivity index (χ4v) is 4.92. The summed E-state index contributed by atoms with van der Waals surface area (Å²) in [7, 11) is 0. The third kappa shape index (κ3) is 2.05. The maximum absolute atomic E-state index is 12.0. The van der Waals surface area contributed by atoms with Crippen LogP contribution in [-0.4, -0.2) is 11.8 Å². The van der Waals surface area contributed by atoms with Crippen molar-refractivity contribution in [2.24, 2.45) is 35.1 Å². The molecular formula is C16H24N2O2. The maximum Gasteiger partial charge on any atom is 0.221 e. The van der Waals surface area contributed by atoms with Crippen molar-refractivity contribution in [1.29, 1.82) is 0 Å². The standard InChI is InChI=1S/C16H24N2O2/c17-15(19)13-11-7-3-1-5-9(11)10-6-2-4-8-12(10)14(13)16(18)20/h11-14H,1-8H2,(H2,17,19)(H2,18,20)/t11-,12-,13-,14-/m1/s1. The molecule has 0 saturated heterocycles. The quantitative estimate of drug-likeness (QED) is 0.754. The van der Waals surface area contributed by atoms with Crippen molar-refractivity contribution < 1.29 is 9.59 Å². The summed E-state index contributed by atoms with van der Waals surface area (Å²) in [6.07, 6.45) is 8.82. The minimum Gasteiger partial charge on any atom is -0.369 e. The van der Waals surface area contributed by atoms with Gasteiger partial charge in [0.25, 0.3) is 0 Å². The molecule has 4 N–H and O–H groups in total. The molecule has 0 radical (unpaired) electrons. The molecule has 0 aliphatic heterocycles. The zero-order valence-electron chi connectivity index (χ0n) is 11.9. The third-order valence-electron chi connectivity index (χ3n) is 5.64. The Hall–Kier alpha value is -1.32. The number of amides is 2. The number of carbonyl (C=O) groups excluding carboxylic acids is 2. The van der Waals surface area contributed by atoms with Crippen LogP contribution in [0.25, 0.3) is 0 Å². The number of allylic oxidation sites excluding steroid dienone is 2. The van der Waals surface area contributed by atoms with Crippen molar-refractivity contribution in [3.8, 4) is 0 Å². The number of primary amides is 2. The summed E-state index contributed by atoms with van der Waals surface area (Å²) in [6.45, 7) is 0. The van der Waals surface area contributed by atoms with Gasteiger partial charge < -0.3 is 11.5 Å². The normalized spacial score (nSPS) is 37.0. The minimum atomic E-state index is -0.366. The van der Waals surface area contributed by atoms with Crippen LogP contribution in [0.5, 0.6) is 0 Å². The van der Waals surface area contributed by atoms with E-state index in [1.54, 1.807) is 0 Å². The Morgan fingerprint density at radius 1 is 0.750 bits per heavy atom. The van der Waals surface area contributed by atoms with Crippen LogP contribution in [0.4, 0.5) is 0 Å². The lowest BCUT2D eigenvalue weighted by atomic mass is 9.57. The van der Waals surface area contributed by atoms with Crippen LogP contribution in [0.15, 0.2) is 11.1 Å². The minimum absolute atomic E-state index is 0.183. The summed E-state index contributed by atoms with van der Waals surface area (Å²) < 4.78 is 0. The molecule has 4 atom stereocenters. The van der Waals surface area contributed by atoms with Gasteiger partial charge in [-0.15, -0.1) is 0 Å². The molecule has 20 heavy (non-hydrogen) atoms. The molecule has 4 nitrogen and oxygen atoms in total. The van der Waals surface area contributed by atoms with Gasteiger partial charge in [-0.2, -0.15) is 0 Å².